The lowest BCUT2D eigenvalue weighted by Gasteiger charge is -2.13. The number of hydrogen-bond acceptors (Lipinski definition) is 4. The molecule has 0 unspecified atom stereocenters. The van der Waals surface area contributed by atoms with Crippen molar-refractivity contribution in [1.29, 1.82) is 0 Å². The molecular formula is C12H17IN4O2. The fraction of sp³-hybridized carbons (Fsp3) is 0.333. The first-order valence-electron chi connectivity index (χ1n) is 5.79. The van der Waals surface area contributed by atoms with Crippen molar-refractivity contribution < 1.29 is 9.47 Å². The van der Waals surface area contributed by atoms with E-state index >= 15 is 0 Å². The van der Waals surface area contributed by atoms with Gasteiger partial charge in [0, 0.05) is 0 Å². The van der Waals surface area contributed by atoms with E-state index < -0.39 is 0 Å². The van der Waals surface area contributed by atoms with E-state index in [9.17, 15) is 0 Å². The summed E-state index contributed by atoms with van der Waals surface area (Å²) in [6.07, 6.45) is 1.56. The number of halogens is 1. The molecule has 4 N–H and O–H groups in total. The summed E-state index contributed by atoms with van der Waals surface area (Å²) in [5.74, 6) is 1.34. The van der Waals surface area contributed by atoms with Gasteiger partial charge in [0.05, 0.1) is 23.0 Å². The molecule has 0 spiro atoms. The molecule has 7 heteroatoms. The maximum Gasteiger partial charge on any atom is 0.211 e. The molecule has 0 saturated heterocycles. The van der Waals surface area contributed by atoms with Crippen LogP contribution >= 0.6 is 22.6 Å². The summed E-state index contributed by atoms with van der Waals surface area (Å²) in [5.41, 5.74) is 11.2. The molecule has 19 heavy (non-hydrogen) atoms. The van der Waals surface area contributed by atoms with Crippen LogP contribution in [-0.2, 0) is 0 Å². The minimum Gasteiger partial charge on any atom is -0.490 e. The second kappa shape index (κ2) is 7.82. The van der Waals surface area contributed by atoms with E-state index in [4.69, 9.17) is 20.9 Å². The zero-order chi connectivity index (χ0) is 14.3. The molecule has 0 fully saturated rings. The van der Waals surface area contributed by atoms with Crippen molar-refractivity contribution in [3.63, 3.8) is 0 Å². The summed E-state index contributed by atoms with van der Waals surface area (Å²) in [5, 5.41) is 7.32. The van der Waals surface area contributed by atoms with Gasteiger partial charge in [-0.2, -0.15) is 5.10 Å². The number of benzene rings is 1. The van der Waals surface area contributed by atoms with Gasteiger partial charge in [-0.05, 0) is 54.1 Å². The van der Waals surface area contributed by atoms with Gasteiger partial charge in [-0.25, -0.2) is 0 Å². The average Bonchev–Trinajstić information content (AvgIpc) is 2.33. The first-order valence-corrected chi connectivity index (χ1v) is 6.87. The monoisotopic (exact) mass is 376 g/mol. The highest BCUT2D eigenvalue weighted by atomic mass is 127. The SMILES string of the molecule is CCOc1cc(C=NN=C(N)N)cc(I)c1OCC. The molecule has 1 rings (SSSR count). The molecule has 0 heterocycles. The Balaban J connectivity index is 3.08. The van der Waals surface area contributed by atoms with Crippen molar-refractivity contribution >= 4 is 34.8 Å². The highest BCUT2D eigenvalue weighted by Crippen LogP contribution is 2.33. The van der Waals surface area contributed by atoms with Crippen LogP contribution in [0, 0.1) is 3.57 Å². The Bertz CT molecular complexity index is 485. The fourth-order valence-electron chi connectivity index (χ4n) is 1.37. The summed E-state index contributed by atoms with van der Waals surface area (Å²) in [6, 6.07) is 3.75. The average molecular weight is 376 g/mol. The Kier molecular flexibility index (Phi) is 6.40. The maximum absolute atomic E-state index is 5.57. The highest BCUT2D eigenvalue weighted by Gasteiger charge is 2.10. The van der Waals surface area contributed by atoms with Crippen molar-refractivity contribution in [2.45, 2.75) is 13.8 Å². The lowest BCUT2D eigenvalue weighted by Crippen LogP contribution is -2.21. The van der Waals surface area contributed by atoms with E-state index in [1.165, 1.54) is 0 Å². The molecular weight excluding hydrogens is 359 g/mol. The van der Waals surface area contributed by atoms with Crippen LogP contribution in [0.4, 0.5) is 0 Å². The molecule has 0 aliphatic heterocycles. The normalized spacial score (nSPS) is 10.5. The third-order valence-electron chi connectivity index (χ3n) is 2.00. The van der Waals surface area contributed by atoms with Crippen molar-refractivity contribution in [2.24, 2.45) is 21.7 Å². The molecule has 0 radical (unpaired) electrons. The number of nitrogens with two attached hydrogens (primary N) is 2. The number of nitrogens with zero attached hydrogens (tertiary/aromatic N) is 2. The maximum atomic E-state index is 5.57. The van der Waals surface area contributed by atoms with Crippen LogP contribution in [0.2, 0.25) is 0 Å². The second-order valence-corrected chi connectivity index (χ2v) is 4.63. The van der Waals surface area contributed by atoms with Crippen molar-refractivity contribution in [3.8, 4) is 11.5 Å². The van der Waals surface area contributed by atoms with Crippen molar-refractivity contribution in [2.75, 3.05) is 13.2 Å². The second-order valence-electron chi connectivity index (χ2n) is 3.47. The van der Waals surface area contributed by atoms with Crippen molar-refractivity contribution in [3.05, 3.63) is 21.3 Å². The summed E-state index contributed by atoms with van der Waals surface area (Å²) < 4.78 is 12.1. The van der Waals surface area contributed by atoms with Crippen LogP contribution in [0.1, 0.15) is 19.4 Å². The van der Waals surface area contributed by atoms with Crippen LogP contribution in [-0.4, -0.2) is 25.4 Å². The lowest BCUT2D eigenvalue weighted by atomic mass is 10.2. The molecule has 0 bridgehead atoms. The third-order valence-corrected chi connectivity index (χ3v) is 2.80. The molecule has 0 atom stereocenters. The van der Waals surface area contributed by atoms with Crippen LogP contribution in [0.25, 0.3) is 0 Å². The number of hydrogen-bond donors (Lipinski definition) is 2. The Morgan fingerprint density at radius 2 is 1.95 bits per heavy atom. The minimum atomic E-state index is -0.0816. The molecule has 104 valence electrons. The van der Waals surface area contributed by atoms with Gasteiger partial charge < -0.3 is 20.9 Å². The number of guanidine groups is 1. The molecule has 1 aromatic rings. The Hall–Kier alpha value is -1.51. The van der Waals surface area contributed by atoms with Crippen LogP contribution in [0.15, 0.2) is 22.3 Å². The Morgan fingerprint density at radius 1 is 1.26 bits per heavy atom. The van der Waals surface area contributed by atoms with Crippen molar-refractivity contribution in [1.82, 2.24) is 0 Å². The van der Waals surface area contributed by atoms with E-state index in [0.717, 1.165) is 14.9 Å². The van der Waals surface area contributed by atoms with Gasteiger partial charge in [0.2, 0.25) is 5.96 Å². The van der Waals surface area contributed by atoms with E-state index in [1.807, 2.05) is 26.0 Å². The van der Waals surface area contributed by atoms with Gasteiger partial charge >= 0.3 is 0 Å². The van der Waals surface area contributed by atoms with Gasteiger partial charge in [-0.15, -0.1) is 5.10 Å². The molecule has 1 aromatic carbocycles. The van der Waals surface area contributed by atoms with Gasteiger partial charge in [0.1, 0.15) is 0 Å². The number of ether oxygens (including phenoxy) is 2. The predicted molar refractivity (Wildman–Crippen MR) is 84.9 cm³/mol. The largest absolute Gasteiger partial charge is 0.490 e. The van der Waals surface area contributed by atoms with E-state index in [0.29, 0.717) is 19.0 Å². The van der Waals surface area contributed by atoms with E-state index in [2.05, 4.69) is 32.8 Å². The lowest BCUT2D eigenvalue weighted by molar-refractivity contribution is 0.286. The first-order chi connectivity index (χ1) is 9.08. The zero-order valence-electron chi connectivity index (χ0n) is 10.9. The van der Waals surface area contributed by atoms with Crippen LogP contribution < -0.4 is 20.9 Å². The molecule has 0 aromatic heterocycles. The highest BCUT2D eigenvalue weighted by molar-refractivity contribution is 14.1. The summed E-state index contributed by atoms with van der Waals surface area (Å²) in [6.45, 7) is 4.99. The predicted octanol–water partition coefficient (Wildman–Crippen LogP) is 1.70. The molecule has 0 saturated carbocycles. The fourth-order valence-corrected chi connectivity index (χ4v) is 2.15. The van der Waals surface area contributed by atoms with Crippen LogP contribution in [0.3, 0.4) is 0 Å². The zero-order valence-corrected chi connectivity index (χ0v) is 13.0. The number of rotatable bonds is 6. The first kappa shape index (κ1) is 15.5. The van der Waals surface area contributed by atoms with E-state index in [-0.39, 0.29) is 5.96 Å². The Morgan fingerprint density at radius 3 is 2.53 bits per heavy atom. The summed E-state index contributed by atoms with van der Waals surface area (Å²) >= 11 is 2.19. The molecule has 0 aliphatic rings. The minimum absolute atomic E-state index is 0.0816. The smallest absolute Gasteiger partial charge is 0.211 e. The molecule has 0 aliphatic carbocycles. The van der Waals surface area contributed by atoms with Crippen LogP contribution in [0.5, 0.6) is 11.5 Å². The van der Waals surface area contributed by atoms with Gasteiger partial charge in [-0.1, -0.05) is 0 Å². The topological polar surface area (TPSA) is 95.2 Å². The van der Waals surface area contributed by atoms with Gasteiger partial charge in [0.15, 0.2) is 11.5 Å². The standard InChI is InChI=1S/C12H17IN4O2/c1-3-18-10-6-8(7-16-17-12(14)15)5-9(13)11(10)19-4-2/h5-7H,3-4H2,1-2H3,(H4,14,15,17). The van der Waals surface area contributed by atoms with Gasteiger partial charge in [0.25, 0.3) is 0 Å². The summed E-state index contributed by atoms with van der Waals surface area (Å²) in [7, 11) is 0. The quantitative estimate of drug-likeness (QED) is 0.342. The molecule has 6 nitrogen and oxygen atoms in total. The Labute approximate surface area is 126 Å². The van der Waals surface area contributed by atoms with E-state index in [1.54, 1.807) is 6.21 Å². The third kappa shape index (κ3) is 4.93. The molecule has 0 amide bonds. The summed E-state index contributed by atoms with van der Waals surface area (Å²) in [4.78, 5) is 0. The van der Waals surface area contributed by atoms with Gasteiger partial charge in [-0.3, -0.25) is 0 Å².